The van der Waals surface area contributed by atoms with Crippen LogP contribution in [0.3, 0.4) is 0 Å². The molecule has 1 aliphatic rings. The molecule has 114 valence electrons. The predicted molar refractivity (Wildman–Crippen MR) is 73.9 cm³/mol. The van der Waals surface area contributed by atoms with Crippen molar-refractivity contribution in [2.75, 3.05) is 11.9 Å². The molecule has 0 spiro atoms. The maximum Gasteiger partial charge on any atom is 0.338 e. The number of carboxylic acids is 1. The summed E-state index contributed by atoms with van der Waals surface area (Å²) in [6, 6.07) is 2.97. The van der Waals surface area contributed by atoms with Gasteiger partial charge in [0.25, 0.3) is 0 Å². The quantitative estimate of drug-likeness (QED) is 0.798. The average Bonchev–Trinajstić information content (AvgIpc) is 2.40. The normalized spacial score (nSPS) is 21.6. The summed E-state index contributed by atoms with van der Waals surface area (Å²) in [5.74, 6) is -2.22. The van der Waals surface area contributed by atoms with Gasteiger partial charge in [-0.1, -0.05) is 0 Å². The van der Waals surface area contributed by atoms with E-state index >= 15 is 0 Å². The fourth-order valence-electron chi connectivity index (χ4n) is 2.25. The van der Waals surface area contributed by atoms with Crippen LogP contribution in [0.25, 0.3) is 0 Å². The molecule has 3 N–H and O–H groups in total. The summed E-state index contributed by atoms with van der Waals surface area (Å²) in [6.07, 6.45) is 1.53. The first-order valence-corrected chi connectivity index (χ1v) is 6.67. The lowest BCUT2D eigenvalue weighted by Crippen LogP contribution is -2.43. The summed E-state index contributed by atoms with van der Waals surface area (Å²) >= 11 is 0. The number of aromatic carboxylic acids is 1. The van der Waals surface area contributed by atoms with E-state index in [1.165, 1.54) is 6.07 Å². The van der Waals surface area contributed by atoms with Crippen molar-refractivity contribution in [2.24, 2.45) is 0 Å². The second-order valence-corrected chi connectivity index (χ2v) is 5.00. The van der Waals surface area contributed by atoms with E-state index in [-0.39, 0.29) is 17.8 Å². The number of urea groups is 1. The van der Waals surface area contributed by atoms with Crippen molar-refractivity contribution < 1.29 is 23.8 Å². The van der Waals surface area contributed by atoms with Crippen LogP contribution in [0.2, 0.25) is 0 Å². The second-order valence-electron chi connectivity index (χ2n) is 5.00. The van der Waals surface area contributed by atoms with E-state index in [1.54, 1.807) is 0 Å². The highest BCUT2D eigenvalue weighted by Gasteiger charge is 2.21. The third-order valence-electron chi connectivity index (χ3n) is 3.27. The monoisotopic (exact) mass is 296 g/mol. The van der Waals surface area contributed by atoms with E-state index in [1.807, 2.05) is 6.92 Å². The number of carbonyl (C=O) groups excluding carboxylic acids is 1. The van der Waals surface area contributed by atoms with Crippen LogP contribution < -0.4 is 10.6 Å². The SMILES string of the molecule is CC1CC(NC(=O)Nc2ccc(F)c(C(=O)O)c2)CCO1. The topological polar surface area (TPSA) is 87.7 Å². The lowest BCUT2D eigenvalue weighted by molar-refractivity contribution is 0.0157. The molecule has 0 aliphatic carbocycles. The van der Waals surface area contributed by atoms with E-state index in [0.717, 1.165) is 25.0 Å². The van der Waals surface area contributed by atoms with Crippen molar-refractivity contribution in [1.82, 2.24) is 5.32 Å². The van der Waals surface area contributed by atoms with Crippen LogP contribution in [-0.4, -0.2) is 35.9 Å². The van der Waals surface area contributed by atoms with Gasteiger partial charge in [-0.25, -0.2) is 14.0 Å². The molecule has 1 heterocycles. The van der Waals surface area contributed by atoms with Gasteiger partial charge in [0.15, 0.2) is 0 Å². The Morgan fingerprint density at radius 1 is 1.43 bits per heavy atom. The van der Waals surface area contributed by atoms with Crippen molar-refractivity contribution in [3.05, 3.63) is 29.6 Å². The van der Waals surface area contributed by atoms with Gasteiger partial charge in [0.2, 0.25) is 0 Å². The molecule has 2 unspecified atom stereocenters. The lowest BCUT2D eigenvalue weighted by atomic mass is 10.0. The van der Waals surface area contributed by atoms with Gasteiger partial charge in [0.05, 0.1) is 11.7 Å². The smallest absolute Gasteiger partial charge is 0.338 e. The molecule has 1 saturated heterocycles. The van der Waals surface area contributed by atoms with Crippen LogP contribution in [0, 0.1) is 5.82 Å². The fourth-order valence-corrected chi connectivity index (χ4v) is 2.25. The van der Waals surface area contributed by atoms with E-state index in [9.17, 15) is 14.0 Å². The van der Waals surface area contributed by atoms with Crippen molar-refractivity contribution in [3.63, 3.8) is 0 Å². The first-order valence-electron chi connectivity index (χ1n) is 6.67. The number of halogens is 1. The van der Waals surface area contributed by atoms with Crippen LogP contribution in [0.4, 0.5) is 14.9 Å². The van der Waals surface area contributed by atoms with Gasteiger partial charge in [-0.2, -0.15) is 0 Å². The van der Waals surface area contributed by atoms with Gasteiger partial charge >= 0.3 is 12.0 Å². The molecule has 0 saturated carbocycles. The predicted octanol–water partition coefficient (Wildman–Crippen LogP) is 2.21. The number of amides is 2. The molecule has 0 aromatic heterocycles. The second kappa shape index (κ2) is 6.53. The molecule has 0 radical (unpaired) electrons. The first kappa shape index (κ1) is 15.2. The maximum absolute atomic E-state index is 13.3. The van der Waals surface area contributed by atoms with Crippen LogP contribution in [0.5, 0.6) is 0 Å². The number of hydrogen-bond donors (Lipinski definition) is 3. The van der Waals surface area contributed by atoms with Crippen LogP contribution in [-0.2, 0) is 4.74 Å². The number of carbonyl (C=O) groups is 2. The fraction of sp³-hybridized carbons (Fsp3) is 0.429. The molecule has 1 aromatic rings. The Hall–Kier alpha value is -2.15. The van der Waals surface area contributed by atoms with Crippen molar-refractivity contribution >= 4 is 17.7 Å². The van der Waals surface area contributed by atoms with Gasteiger partial charge in [-0.15, -0.1) is 0 Å². The Morgan fingerprint density at radius 3 is 2.86 bits per heavy atom. The van der Waals surface area contributed by atoms with Crippen molar-refractivity contribution in [3.8, 4) is 0 Å². The van der Waals surface area contributed by atoms with Gasteiger partial charge < -0.3 is 20.5 Å². The molecule has 1 aliphatic heterocycles. The van der Waals surface area contributed by atoms with E-state index in [0.29, 0.717) is 6.61 Å². The minimum absolute atomic E-state index is 0.00754. The number of carboxylic acid groups (broad SMARTS) is 1. The number of hydrogen-bond acceptors (Lipinski definition) is 3. The van der Waals surface area contributed by atoms with Crippen molar-refractivity contribution in [1.29, 1.82) is 0 Å². The Labute approximate surface area is 121 Å². The maximum atomic E-state index is 13.3. The molecule has 21 heavy (non-hydrogen) atoms. The van der Waals surface area contributed by atoms with E-state index in [4.69, 9.17) is 9.84 Å². The zero-order valence-electron chi connectivity index (χ0n) is 11.6. The molecular weight excluding hydrogens is 279 g/mol. The molecular formula is C14H17FN2O4. The molecule has 1 aromatic carbocycles. The molecule has 7 heteroatoms. The third kappa shape index (κ3) is 4.16. The number of nitrogens with one attached hydrogen (secondary N) is 2. The Morgan fingerprint density at radius 2 is 2.19 bits per heavy atom. The van der Waals surface area contributed by atoms with Crippen molar-refractivity contribution in [2.45, 2.75) is 31.9 Å². The zero-order valence-corrected chi connectivity index (χ0v) is 11.6. The molecule has 2 amide bonds. The standard InChI is InChI=1S/C14H17FN2O4/c1-8-6-10(4-5-21-8)17-14(20)16-9-2-3-12(15)11(7-9)13(18)19/h2-3,7-8,10H,4-6H2,1H3,(H,18,19)(H2,16,17,20). The summed E-state index contributed by atoms with van der Waals surface area (Å²) in [4.78, 5) is 22.7. The largest absolute Gasteiger partial charge is 0.478 e. The minimum atomic E-state index is -1.38. The van der Waals surface area contributed by atoms with E-state index < -0.39 is 23.4 Å². The highest BCUT2D eigenvalue weighted by atomic mass is 19.1. The minimum Gasteiger partial charge on any atom is -0.478 e. The first-order chi connectivity index (χ1) is 9.95. The lowest BCUT2D eigenvalue weighted by Gasteiger charge is -2.27. The molecule has 2 rings (SSSR count). The Bertz CT molecular complexity index is 550. The highest BCUT2D eigenvalue weighted by Crippen LogP contribution is 2.16. The summed E-state index contributed by atoms with van der Waals surface area (Å²) < 4.78 is 18.6. The molecule has 2 atom stereocenters. The Balaban J connectivity index is 1.96. The number of benzene rings is 1. The number of ether oxygens (including phenoxy) is 1. The summed E-state index contributed by atoms with van der Waals surface area (Å²) in [5, 5.41) is 14.1. The summed E-state index contributed by atoms with van der Waals surface area (Å²) in [7, 11) is 0. The van der Waals surface area contributed by atoms with E-state index in [2.05, 4.69) is 10.6 Å². The molecule has 6 nitrogen and oxygen atoms in total. The van der Waals surface area contributed by atoms with Gasteiger partial charge in [-0.3, -0.25) is 0 Å². The Kier molecular flexibility index (Phi) is 4.74. The van der Waals surface area contributed by atoms with Crippen LogP contribution >= 0.6 is 0 Å². The highest BCUT2D eigenvalue weighted by molar-refractivity contribution is 5.93. The zero-order chi connectivity index (χ0) is 15.4. The van der Waals surface area contributed by atoms with Gasteiger partial charge in [0, 0.05) is 18.3 Å². The summed E-state index contributed by atoms with van der Waals surface area (Å²) in [5.41, 5.74) is -0.251. The van der Waals surface area contributed by atoms with Crippen LogP contribution in [0.15, 0.2) is 18.2 Å². The van der Waals surface area contributed by atoms with Crippen LogP contribution in [0.1, 0.15) is 30.1 Å². The number of anilines is 1. The van der Waals surface area contributed by atoms with Gasteiger partial charge in [0.1, 0.15) is 5.82 Å². The number of rotatable bonds is 3. The molecule has 0 bridgehead atoms. The average molecular weight is 296 g/mol. The summed E-state index contributed by atoms with van der Waals surface area (Å²) in [6.45, 7) is 2.52. The van der Waals surface area contributed by atoms with Gasteiger partial charge in [-0.05, 0) is 38.0 Å². The third-order valence-corrected chi connectivity index (χ3v) is 3.27. The molecule has 1 fully saturated rings.